The third-order valence-corrected chi connectivity index (χ3v) is 1.93. The highest BCUT2D eigenvalue weighted by Crippen LogP contribution is 2.16. The Morgan fingerprint density at radius 2 is 2.23 bits per heavy atom. The van der Waals surface area contributed by atoms with E-state index in [0.29, 0.717) is 12.1 Å². The molecular weight excluding hydrogens is 164 g/mol. The van der Waals surface area contributed by atoms with E-state index in [2.05, 4.69) is 0 Å². The van der Waals surface area contributed by atoms with Crippen molar-refractivity contribution in [2.45, 2.75) is 13.3 Å². The lowest BCUT2D eigenvalue weighted by molar-refractivity contribution is -0.118. The first-order valence-corrected chi connectivity index (χ1v) is 4.27. The van der Waals surface area contributed by atoms with Crippen molar-refractivity contribution in [1.29, 1.82) is 0 Å². The largest absolute Gasteiger partial charge is 0.399 e. The topological polar surface area (TPSA) is 46.3 Å². The summed E-state index contributed by atoms with van der Waals surface area (Å²) in [5.41, 5.74) is 7.11. The van der Waals surface area contributed by atoms with E-state index in [1.807, 2.05) is 19.1 Å². The first-order chi connectivity index (χ1) is 6.15. The van der Waals surface area contributed by atoms with E-state index in [0.717, 1.165) is 5.69 Å². The van der Waals surface area contributed by atoms with E-state index in [1.165, 1.54) is 0 Å². The molecule has 0 atom stereocenters. The zero-order valence-corrected chi connectivity index (χ0v) is 7.95. The van der Waals surface area contributed by atoms with Gasteiger partial charge in [0.25, 0.3) is 0 Å². The molecule has 0 saturated carbocycles. The number of anilines is 2. The van der Waals surface area contributed by atoms with Crippen LogP contribution in [0.15, 0.2) is 24.3 Å². The van der Waals surface area contributed by atoms with Crippen LogP contribution in [0.3, 0.4) is 0 Å². The highest BCUT2D eigenvalue weighted by Gasteiger charge is 2.07. The number of nitrogens with two attached hydrogens (primary N) is 1. The number of nitrogen functional groups attached to an aromatic ring is 1. The molecule has 3 heteroatoms. The van der Waals surface area contributed by atoms with E-state index in [-0.39, 0.29) is 5.91 Å². The summed E-state index contributed by atoms with van der Waals surface area (Å²) in [5.74, 6) is 0.0885. The molecule has 1 aromatic rings. The summed E-state index contributed by atoms with van der Waals surface area (Å²) in [6, 6.07) is 7.29. The minimum absolute atomic E-state index is 0.0885. The van der Waals surface area contributed by atoms with Crippen LogP contribution in [-0.4, -0.2) is 13.0 Å². The molecule has 0 heterocycles. The maximum atomic E-state index is 11.3. The average Bonchev–Trinajstić information content (AvgIpc) is 2.15. The van der Waals surface area contributed by atoms with Gasteiger partial charge in [-0.15, -0.1) is 0 Å². The summed E-state index contributed by atoms with van der Waals surface area (Å²) < 4.78 is 0. The van der Waals surface area contributed by atoms with Crippen molar-refractivity contribution in [3.05, 3.63) is 24.3 Å². The van der Waals surface area contributed by atoms with Gasteiger partial charge >= 0.3 is 0 Å². The fourth-order valence-corrected chi connectivity index (χ4v) is 1.11. The quantitative estimate of drug-likeness (QED) is 0.700. The number of benzene rings is 1. The van der Waals surface area contributed by atoms with Gasteiger partial charge in [0.2, 0.25) is 5.91 Å². The van der Waals surface area contributed by atoms with Gasteiger partial charge in [-0.1, -0.05) is 13.0 Å². The molecule has 13 heavy (non-hydrogen) atoms. The molecular formula is C10H14N2O. The first-order valence-electron chi connectivity index (χ1n) is 4.27. The van der Waals surface area contributed by atoms with Gasteiger partial charge in [0.05, 0.1) is 0 Å². The molecule has 0 aromatic heterocycles. The lowest BCUT2D eigenvalue weighted by Crippen LogP contribution is -2.24. The molecule has 70 valence electrons. The minimum Gasteiger partial charge on any atom is -0.399 e. The van der Waals surface area contributed by atoms with Crippen LogP contribution in [0.4, 0.5) is 11.4 Å². The van der Waals surface area contributed by atoms with Crippen LogP contribution >= 0.6 is 0 Å². The Morgan fingerprint density at radius 3 is 2.77 bits per heavy atom. The van der Waals surface area contributed by atoms with Crippen LogP contribution in [0.1, 0.15) is 13.3 Å². The van der Waals surface area contributed by atoms with Crippen LogP contribution in [0, 0.1) is 0 Å². The number of carbonyl (C=O) groups is 1. The van der Waals surface area contributed by atoms with Crippen molar-refractivity contribution in [1.82, 2.24) is 0 Å². The second kappa shape index (κ2) is 3.94. The van der Waals surface area contributed by atoms with Crippen molar-refractivity contribution >= 4 is 17.3 Å². The molecule has 2 N–H and O–H groups in total. The number of hydrogen-bond donors (Lipinski definition) is 1. The maximum absolute atomic E-state index is 11.3. The summed E-state index contributed by atoms with van der Waals surface area (Å²) in [4.78, 5) is 12.9. The average molecular weight is 178 g/mol. The van der Waals surface area contributed by atoms with E-state index < -0.39 is 0 Å². The predicted molar refractivity (Wildman–Crippen MR) is 54.6 cm³/mol. The third-order valence-electron chi connectivity index (χ3n) is 1.93. The molecule has 1 amide bonds. The summed E-state index contributed by atoms with van der Waals surface area (Å²) in [5, 5.41) is 0. The van der Waals surface area contributed by atoms with Gasteiger partial charge in [-0.25, -0.2) is 0 Å². The lowest BCUT2D eigenvalue weighted by Gasteiger charge is -2.16. The lowest BCUT2D eigenvalue weighted by atomic mass is 10.2. The van der Waals surface area contributed by atoms with E-state index >= 15 is 0 Å². The Labute approximate surface area is 78.2 Å². The molecule has 0 radical (unpaired) electrons. The summed E-state index contributed by atoms with van der Waals surface area (Å²) >= 11 is 0. The highest BCUT2D eigenvalue weighted by molar-refractivity contribution is 5.92. The maximum Gasteiger partial charge on any atom is 0.226 e. The standard InChI is InChI=1S/C10H14N2O/c1-3-10(13)12(2)9-6-4-5-8(11)7-9/h4-7H,3,11H2,1-2H3. The van der Waals surface area contributed by atoms with Gasteiger partial charge in [0, 0.05) is 24.8 Å². The molecule has 3 nitrogen and oxygen atoms in total. The number of amides is 1. The molecule has 0 saturated heterocycles. The molecule has 0 bridgehead atoms. The van der Waals surface area contributed by atoms with Gasteiger partial charge in [0.15, 0.2) is 0 Å². The van der Waals surface area contributed by atoms with Crippen molar-refractivity contribution in [2.24, 2.45) is 0 Å². The zero-order valence-electron chi connectivity index (χ0n) is 7.95. The van der Waals surface area contributed by atoms with Crippen LogP contribution < -0.4 is 10.6 Å². The van der Waals surface area contributed by atoms with Crippen molar-refractivity contribution in [3.8, 4) is 0 Å². The second-order valence-corrected chi connectivity index (χ2v) is 2.90. The Kier molecular flexibility index (Phi) is 2.90. The summed E-state index contributed by atoms with van der Waals surface area (Å²) in [6.07, 6.45) is 0.505. The van der Waals surface area contributed by atoms with Gasteiger partial charge in [0.1, 0.15) is 0 Å². The van der Waals surface area contributed by atoms with Crippen LogP contribution in [0.25, 0.3) is 0 Å². The van der Waals surface area contributed by atoms with Crippen LogP contribution in [0.5, 0.6) is 0 Å². The Hall–Kier alpha value is -1.51. The van der Waals surface area contributed by atoms with Gasteiger partial charge in [-0.2, -0.15) is 0 Å². The first kappa shape index (κ1) is 9.58. The van der Waals surface area contributed by atoms with E-state index in [4.69, 9.17) is 5.73 Å². The minimum atomic E-state index is 0.0885. The van der Waals surface area contributed by atoms with Crippen LogP contribution in [-0.2, 0) is 4.79 Å². The Morgan fingerprint density at radius 1 is 1.54 bits per heavy atom. The van der Waals surface area contributed by atoms with Crippen molar-refractivity contribution < 1.29 is 4.79 Å². The summed E-state index contributed by atoms with van der Waals surface area (Å²) in [6.45, 7) is 1.84. The number of nitrogens with zero attached hydrogens (tertiary/aromatic N) is 1. The normalized spacial score (nSPS) is 9.69. The molecule has 0 aliphatic heterocycles. The molecule has 1 rings (SSSR count). The van der Waals surface area contributed by atoms with Gasteiger partial charge in [-0.3, -0.25) is 4.79 Å². The van der Waals surface area contributed by atoms with Crippen molar-refractivity contribution in [2.75, 3.05) is 17.7 Å². The molecule has 0 fully saturated rings. The highest BCUT2D eigenvalue weighted by atomic mass is 16.2. The fourth-order valence-electron chi connectivity index (χ4n) is 1.11. The molecule has 0 aliphatic carbocycles. The smallest absolute Gasteiger partial charge is 0.226 e. The van der Waals surface area contributed by atoms with E-state index in [9.17, 15) is 4.79 Å². The molecule has 1 aromatic carbocycles. The molecule has 0 aliphatic rings. The van der Waals surface area contributed by atoms with Crippen LogP contribution in [0.2, 0.25) is 0 Å². The Balaban J connectivity index is 2.88. The molecule has 0 unspecified atom stereocenters. The monoisotopic (exact) mass is 178 g/mol. The van der Waals surface area contributed by atoms with Gasteiger partial charge in [-0.05, 0) is 18.2 Å². The van der Waals surface area contributed by atoms with E-state index in [1.54, 1.807) is 24.1 Å². The SMILES string of the molecule is CCC(=O)N(C)c1cccc(N)c1. The summed E-state index contributed by atoms with van der Waals surface area (Å²) in [7, 11) is 1.75. The zero-order chi connectivity index (χ0) is 9.84. The molecule has 0 spiro atoms. The van der Waals surface area contributed by atoms with Crippen molar-refractivity contribution in [3.63, 3.8) is 0 Å². The third kappa shape index (κ3) is 2.21. The number of hydrogen-bond acceptors (Lipinski definition) is 2. The number of carbonyl (C=O) groups excluding carboxylic acids is 1. The number of rotatable bonds is 2. The predicted octanol–water partition coefficient (Wildman–Crippen LogP) is 1.64. The second-order valence-electron chi connectivity index (χ2n) is 2.90. The Bertz CT molecular complexity index is 310. The fraction of sp³-hybridized carbons (Fsp3) is 0.300. The van der Waals surface area contributed by atoms with Gasteiger partial charge < -0.3 is 10.6 Å².